The first kappa shape index (κ1) is 13.5. The van der Waals surface area contributed by atoms with Crippen molar-refractivity contribution < 1.29 is 9.13 Å². The van der Waals surface area contributed by atoms with Crippen molar-refractivity contribution in [3.05, 3.63) is 50.8 Å². The van der Waals surface area contributed by atoms with Crippen molar-refractivity contribution in [3.8, 4) is 11.6 Å². The van der Waals surface area contributed by atoms with E-state index in [9.17, 15) is 4.39 Å². The number of halogens is 3. The number of nitrogens with zero attached hydrogens (tertiary/aromatic N) is 1. The Bertz CT molecular complexity index is 578. The number of pyridine rings is 1. The lowest BCUT2D eigenvalue weighted by Crippen LogP contribution is -1.98. The predicted octanol–water partition coefficient (Wildman–Crippen LogP) is 4.00. The first-order valence-corrected chi connectivity index (χ1v) is 6.66. The van der Waals surface area contributed by atoms with Crippen LogP contribution in [-0.4, -0.2) is 4.98 Å². The van der Waals surface area contributed by atoms with E-state index in [0.717, 1.165) is 4.47 Å². The van der Waals surface area contributed by atoms with Gasteiger partial charge in [0.2, 0.25) is 5.88 Å². The van der Waals surface area contributed by atoms with Crippen molar-refractivity contribution in [3.63, 3.8) is 0 Å². The highest BCUT2D eigenvalue weighted by Crippen LogP contribution is 2.31. The molecule has 2 N–H and O–H groups in total. The third-order valence-electron chi connectivity index (χ3n) is 2.21. The normalized spacial score (nSPS) is 10.4. The lowest BCUT2D eigenvalue weighted by atomic mass is 10.2. The minimum atomic E-state index is -0.463. The van der Waals surface area contributed by atoms with E-state index >= 15 is 0 Å². The summed E-state index contributed by atoms with van der Waals surface area (Å²) in [5.41, 5.74) is 6.14. The molecule has 0 unspecified atom stereocenters. The van der Waals surface area contributed by atoms with Crippen LogP contribution in [0, 0.1) is 5.82 Å². The van der Waals surface area contributed by atoms with Gasteiger partial charge >= 0.3 is 0 Å². The van der Waals surface area contributed by atoms with Gasteiger partial charge in [0.15, 0.2) is 11.6 Å². The van der Waals surface area contributed by atoms with E-state index in [4.69, 9.17) is 10.5 Å². The Kier molecular flexibility index (Phi) is 4.31. The van der Waals surface area contributed by atoms with Crippen LogP contribution in [0.25, 0.3) is 0 Å². The van der Waals surface area contributed by atoms with Gasteiger partial charge in [0, 0.05) is 17.2 Å². The number of rotatable bonds is 3. The standard InChI is InChI=1S/C12H9Br2FN2O/c13-8-4-9(14)12(17-6-8)18-11-2-1-7(5-16)3-10(11)15/h1-4,6H,5,16H2. The molecule has 94 valence electrons. The maximum atomic E-state index is 13.7. The van der Waals surface area contributed by atoms with E-state index in [2.05, 4.69) is 36.8 Å². The van der Waals surface area contributed by atoms with Crippen molar-refractivity contribution in [2.75, 3.05) is 0 Å². The third kappa shape index (κ3) is 3.07. The molecule has 0 aliphatic rings. The minimum Gasteiger partial charge on any atom is -0.435 e. The fourth-order valence-electron chi connectivity index (χ4n) is 1.34. The van der Waals surface area contributed by atoms with Crippen LogP contribution in [0.2, 0.25) is 0 Å². The molecule has 0 aliphatic heterocycles. The zero-order chi connectivity index (χ0) is 13.1. The summed E-state index contributed by atoms with van der Waals surface area (Å²) in [5.74, 6) is -0.0464. The summed E-state index contributed by atoms with van der Waals surface area (Å²) in [5, 5.41) is 0. The van der Waals surface area contributed by atoms with Crippen LogP contribution >= 0.6 is 31.9 Å². The second kappa shape index (κ2) is 5.77. The van der Waals surface area contributed by atoms with Crippen molar-refractivity contribution in [2.24, 2.45) is 5.73 Å². The van der Waals surface area contributed by atoms with Gasteiger partial charge in [-0.25, -0.2) is 9.37 Å². The molecule has 0 spiro atoms. The summed E-state index contributed by atoms with van der Waals surface area (Å²) >= 11 is 6.58. The van der Waals surface area contributed by atoms with E-state index in [0.29, 0.717) is 15.9 Å². The fourth-order valence-corrected chi connectivity index (χ4v) is 2.40. The van der Waals surface area contributed by atoms with Crippen molar-refractivity contribution in [1.29, 1.82) is 0 Å². The van der Waals surface area contributed by atoms with E-state index in [1.165, 1.54) is 12.1 Å². The van der Waals surface area contributed by atoms with Crippen molar-refractivity contribution in [1.82, 2.24) is 4.98 Å². The Morgan fingerprint density at radius 2 is 2.06 bits per heavy atom. The van der Waals surface area contributed by atoms with Gasteiger partial charge in [0.25, 0.3) is 0 Å². The molecule has 0 atom stereocenters. The SMILES string of the molecule is NCc1ccc(Oc2ncc(Br)cc2Br)c(F)c1. The molecular formula is C12H9Br2FN2O. The molecule has 2 aromatic rings. The molecule has 1 aromatic carbocycles. The van der Waals surface area contributed by atoms with Gasteiger partial charge in [0.05, 0.1) is 4.47 Å². The van der Waals surface area contributed by atoms with Gasteiger partial charge in [-0.3, -0.25) is 0 Å². The van der Waals surface area contributed by atoms with E-state index < -0.39 is 5.82 Å². The molecule has 0 fully saturated rings. The van der Waals surface area contributed by atoms with Crippen LogP contribution in [0.5, 0.6) is 11.6 Å². The number of ether oxygens (including phenoxy) is 1. The average Bonchev–Trinajstić information content (AvgIpc) is 2.34. The largest absolute Gasteiger partial charge is 0.435 e. The zero-order valence-electron chi connectivity index (χ0n) is 9.16. The summed E-state index contributed by atoms with van der Waals surface area (Å²) in [6.07, 6.45) is 1.58. The van der Waals surface area contributed by atoms with Gasteiger partial charge < -0.3 is 10.5 Å². The van der Waals surface area contributed by atoms with Crippen LogP contribution in [0.15, 0.2) is 39.4 Å². The second-order valence-corrected chi connectivity index (χ2v) is 5.28. The zero-order valence-corrected chi connectivity index (χ0v) is 12.3. The molecule has 6 heteroatoms. The molecule has 0 saturated carbocycles. The Balaban J connectivity index is 2.28. The molecule has 0 saturated heterocycles. The molecule has 0 aliphatic carbocycles. The van der Waals surface area contributed by atoms with Crippen LogP contribution in [0.3, 0.4) is 0 Å². The molecule has 0 bridgehead atoms. The molecule has 3 nitrogen and oxygen atoms in total. The fraction of sp³-hybridized carbons (Fsp3) is 0.0833. The van der Waals surface area contributed by atoms with Crippen molar-refractivity contribution in [2.45, 2.75) is 6.54 Å². The van der Waals surface area contributed by atoms with E-state index in [1.807, 2.05) is 0 Å². The smallest absolute Gasteiger partial charge is 0.233 e. The van der Waals surface area contributed by atoms with Crippen LogP contribution in [0.1, 0.15) is 5.56 Å². The highest BCUT2D eigenvalue weighted by molar-refractivity contribution is 9.11. The molecule has 2 rings (SSSR count). The van der Waals surface area contributed by atoms with E-state index in [-0.39, 0.29) is 12.3 Å². The van der Waals surface area contributed by atoms with Crippen LogP contribution < -0.4 is 10.5 Å². The molecule has 1 aromatic heterocycles. The Labute approximate surface area is 120 Å². The number of aromatic nitrogens is 1. The minimum absolute atomic E-state index is 0.114. The topological polar surface area (TPSA) is 48.1 Å². The number of nitrogens with two attached hydrogens (primary N) is 1. The summed E-state index contributed by atoms with van der Waals surface area (Å²) in [4.78, 5) is 4.05. The Morgan fingerprint density at radius 3 is 2.67 bits per heavy atom. The summed E-state index contributed by atoms with van der Waals surface area (Å²) in [7, 11) is 0. The lowest BCUT2D eigenvalue weighted by molar-refractivity contribution is 0.424. The highest BCUT2D eigenvalue weighted by Gasteiger charge is 2.09. The number of hydrogen-bond donors (Lipinski definition) is 1. The van der Waals surface area contributed by atoms with Gasteiger partial charge in [0.1, 0.15) is 0 Å². The molecular weight excluding hydrogens is 367 g/mol. The van der Waals surface area contributed by atoms with Crippen molar-refractivity contribution >= 4 is 31.9 Å². The highest BCUT2D eigenvalue weighted by atomic mass is 79.9. The molecule has 1 heterocycles. The maximum Gasteiger partial charge on any atom is 0.233 e. The average molecular weight is 376 g/mol. The van der Waals surface area contributed by atoms with E-state index in [1.54, 1.807) is 18.3 Å². The Morgan fingerprint density at radius 1 is 1.28 bits per heavy atom. The molecule has 0 amide bonds. The van der Waals surface area contributed by atoms with Gasteiger partial charge in [-0.1, -0.05) is 6.07 Å². The maximum absolute atomic E-state index is 13.7. The lowest BCUT2D eigenvalue weighted by Gasteiger charge is -2.08. The third-order valence-corrected chi connectivity index (χ3v) is 3.21. The second-order valence-electron chi connectivity index (χ2n) is 3.51. The van der Waals surface area contributed by atoms with Gasteiger partial charge in [-0.05, 0) is 55.6 Å². The Hall–Kier alpha value is -0.980. The predicted molar refractivity (Wildman–Crippen MR) is 74.0 cm³/mol. The first-order valence-electron chi connectivity index (χ1n) is 5.07. The summed E-state index contributed by atoms with van der Waals surface area (Å²) in [6, 6.07) is 6.37. The molecule has 0 radical (unpaired) electrons. The first-order chi connectivity index (χ1) is 8.60. The molecule has 18 heavy (non-hydrogen) atoms. The van der Waals surface area contributed by atoms with Crippen LogP contribution in [0.4, 0.5) is 4.39 Å². The monoisotopic (exact) mass is 374 g/mol. The number of hydrogen-bond acceptors (Lipinski definition) is 3. The summed E-state index contributed by atoms with van der Waals surface area (Å²) < 4.78 is 20.5. The van der Waals surface area contributed by atoms with Crippen LogP contribution in [-0.2, 0) is 6.54 Å². The number of benzene rings is 1. The van der Waals surface area contributed by atoms with Gasteiger partial charge in [-0.15, -0.1) is 0 Å². The van der Waals surface area contributed by atoms with Gasteiger partial charge in [-0.2, -0.15) is 0 Å². The summed E-state index contributed by atoms with van der Waals surface area (Å²) in [6.45, 7) is 0.289. The quantitative estimate of drug-likeness (QED) is 0.882.